The van der Waals surface area contributed by atoms with Gasteiger partial charge < -0.3 is 10.6 Å². The number of nitrogens with zero attached hydrogens (tertiary/aromatic N) is 5. The Morgan fingerprint density at radius 3 is 2.87 bits per heavy atom. The normalized spacial score (nSPS) is 16.9. The highest BCUT2D eigenvalue weighted by molar-refractivity contribution is 6.20. The van der Waals surface area contributed by atoms with E-state index >= 15 is 0 Å². The maximum atomic E-state index is 11.8. The zero-order valence-corrected chi connectivity index (χ0v) is 17.3. The Bertz CT molecular complexity index is 1020. The first kappa shape index (κ1) is 20.3. The van der Waals surface area contributed by atoms with Crippen molar-refractivity contribution in [3.63, 3.8) is 0 Å². The molecule has 4 rings (SSSR count). The SMILES string of the molecule is CCNC(=O)Nc1ccc2cnc(N(c3ccccc3)N3CCNCC3Cl)nc2n1. The van der Waals surface area contributed by atoms with Crippen LogP contribution in [0.3, 0.4) is 0 Å². The van der Waals surface area contributed by atoms with Crippen LogP contribution in [0, 0.1) is 0 Å². The van der Waals surface area contributed by atoms with Crippen LogP contribution in [0.1, 0.15) is 6.92 Å². The van der Waals surface area contributed by atoms with Gasteiger partial charge >= 0.3 is 6.03 Å². The van der Waals surface area contributed by atoms with E-state index in [-0.39, 0.29) is 11.5 Å². The minimum absolute atomic E-state index is 0.253. The molecule has 0 radical (unpaired) electrons. The number of fused-ring (bicyclic) bond motifs is 1. The van der Waals surface area contributed by atoms with Crippen LogP contribution in [0.25, 0.3) is 11.0 Å². The van der Waals surface area contributed by atoms with E-state index in [1.165, 1.54) is 0 Å². The molecule has 30 heavy (non-hydrogen) atoms. The highest BCUT2D eigenvalue weighted by Gasteiger charge is 2.29. The van der Waals surface area contributed by atoms with Gasteiger partial charge in [-0.25, -0.2) is 19.8 Å². The average molecular weight is 427 g/mol. The highest BCUT2D eigenvalue weighted by Crippen LogP contribution is 2.28. The van der Waals surface area contributed by atoms with Crippen molar-refractivity contribution in [3.8, 4) is 0 Å². The lowest BCUT2D eigenvalue weighted by Crippen LogP contribution is -2.55. The third kappa shape index (κ3) is 4.43. The summed E-state index contributed by atoms with van der Waals surface area (Å²) >= 11 is 6.60. The number of carbonyl (C=O) groups is 1. The van der Waals surface area contributed by atoms with Crippen LogP contribution in [-0.4, -0.2) is 57.7 Å². The zero-order valence-electron chi connectivity index (χ0n) is 16.5. The second kappa shape index (κ2) is 9.21. The summed E-state index contributed by atoms with van der Waals surface area (Å²) in [5.74, 6) is 0.880. The molecule has 1 aliphatic rings. The second-order valence-corrected chi connectivity index (χ2v) is 7.22. The molecule has 1 fully saturated rings. The van der Waals surface area contributed by atoms with Gasteiger partial charge in [-0.3, -0.25) is 5.32 Å². The van der Waals surface area contributed by atoms with Gasteiger partial charge in [-0.05, 0) is 31.2 Å². The summed E-state index contributed by atoms with van der Waals surface area (Å²) < 4.78 is 0. The van der Waals surface area contributed by atoms with Gasteiger partial charge in [-0.15, -0.1) is 11.6 Å². The van der Waals surface area contributed by atoms with Crippen molar-refractivity contribution in [1.82, 2.24) is 30.6 Å². The summed E-state index contributed by atoms with van der Waals surface area (Å²) in [4.78, 5) is 25.6. The fraction of sp³-hybridized carbons (Fsp3) is 0.300. The quantitative estimate of drug-likeness (QED) is 0.426. The standard InChI is InChI=1S/C20H23ClN8O/c1-2-23-20(30)26-17-9-8-14-12-24-19(27-18(14)25-17)29(15-6-4-3-5-7-15)28-11-10-22-13-16(28)21/h3-9,12,16,22H,2,10-11,13H2,1H3,(H2,23,24,25,26,27,30). The Hall–Kier alpha value is -3.01. The van der Waals surface area contributed by atoms with Gasteiger partial charge in [-0.2, -0.15) is 9.99 Å². The first-order valence-electron chi connectivity index (χ1n) is 9.81. The first-order chi connectivity index (χ1) is 14.7. The molecule has 1 aliphatic heterocycles. The predicted octanol–water partition coefficient (Wildman–Crippen LogP) is 2.69. The van der Waals surface area contributed by atoms with Crippen molar-refractivity contribution in [2.75, 3.05) is 36.5 Å². The minimum Gasteiger partial charge on any atom is -0.338 e. The number of urea groups is 1. The van der Waals surface area contributed by atoms with Gasteiger partial charge in [0.2, 0.25) is 5.95 Å². The van der Waals surface area contributed by atoms with E-state index in [1.807, 2.05) is 53.3 Å². The first-order valence-corrected chi connectivity index (χ1v) is 10.2. The largest absolute Gasteiger partial charge is 0.338 e. The molecule has 1 atom stereocenters. The predicted molar refractivity (Wildman–Crippen MR) is 118 cm³/mol. The van der Waals surface area contributed by atoms with Gasteiger partial charge in [0.1, 0.15) is 11.3 Å². The molecule has 156 valence electrons. The molecule has 3 heterocycles. The molecule has 10 heteroatoms. The fourth-order valence-corrected chi connectivity index (χ4v) is 3.52. The molecule has 0 bridgehead atoms. The van der Waals surface area contributed by atoms with E-state index in [0.29, 0.717) is 37.0 Å². The molecule has 0 spiro atoms. The smallest absolute Gasteiger partial charge is 0.320 e. The highest BCUT2D eigenvalue weighted by atomic mass is 35.5. The maximum Gasteiger partial charge on any atom is 0.320 e. The summed E-state index contributed by atoms with van der Waals surface area (Å²) in [6, 6.07) is 13.1. The molecule has 2 aromatic heterocycles. The van der Waals surface area contributed by atoms with E-state index in [4.69, 9.17) is 11.6 Å². The number of alkyl halides is 1. The van der Waals surface area contributed by atoms with Crippen molar-refractivity contribution >= 4 is 46.1 Å². The number of hydrazine groups is 1. The lowest BCUT2D eigenvalue weighted by molar-refractivity contribution is 0.213. The van der Waals surface area contributed by atoms with E-state index in [1.54, 1.807) is 12.3 Å². The van der Waals surface area contributed by atoms with E-state index in [9.17, 15) is 4.79 Å². The monoisotopic (exact) mass is 426 g/mol. The summed E-state index contributed by atoms with van der Waals surface area (Å²) in [7, 11) is 0. The number of para-hydroxylation sites is 1. The molecule has 0 aliphatic carbocycles. The van der Waals surface area contributed by atoms with E-state index in [2.05, 4.69) is 30.9 Å². The van der Waals surface area contributed by atoms with Crippen LogP contribution < -0.4 is 21.0 Å². The number of hydrogen-bond acceptors (Lipinski definition) is 7. The Morgan fingerprint density at radius 1 is 1.27 bits per heavy atom. The molecular weight excluding hydrogens is 404 g/mol. The number of carbonyl (C=O) groups excluding carboxylic acids is 1. The molecule has 0 saturated carbocycles. The molecule has 1 saturated heterocycles. The average Bonchev–Trinajstić information content (AvgIpc) is 2.76. The van der Waals surface area contributed by atoms with Crippen molar-refractivity contribution < 1.29 is 4.79 Å². The number of piperazine rings is 1. The van der Waals surface area contributed by atoms with Crippen molar-refractivity contribution in [3.05, 3.63) is 48.7 Å². The Morgan fingerprint density at radius 2 is 2.10 bits per heavy atom. The van der Waals surface area contributed by atoms with Gasteiger partial charge in [-0.1, -0.05) is 18.2 Å². The number of amides is 2. The van der Waals surface area contributed by atoms with Crippen LogP contribution in [0.5, 0.6) is 0 Å². The number of benzene rings is 1. The third-order valence-corrected chi connectivity index (χ3v) is 4.99. The van der Waals surface area contributed by atoms with E-state index in [0.717, 1.165) is 17.6 Å². The van der Waals surface area contributed by atoms with Crippen LogP contribution in [0.15, 0.2) is 48.7 Å². The summed E-state index contributed by atoms with van der Waals surface area (Å²) in [5, 5.41) is 13.4. The van der Waals surface area contributed by atoms with Crippen LogP contribution in [0.4, 0.5) is 22.2 Å². The Kier molecular flexibility index (Phi) is 6.22. The zero-order chi connectivity index (χ0) is 20.9. The number of rotatable bonds is 5. The van der Waals surface area contributed by atoms with Crippen LogP contribution >= 0.6 is 11.6 Å². The molecular formula is C20H23ClN8O. The number of hydrogen-bond donors (Lipinski definition) is 3. The van der Waals surface area contributed by atoms with Gasteiger partial charge in [0, 0.05) is 37.8 Å². The lowest BCUT2D eigenvalue weighted by Gasteiger charge is -2.40. The summed E-state index contributed by atoms with van der Waals surface area (Å²) in [5.41, 5.74) is 1.13. The van der Waals surface area contributed by atoms with Crippen LogP contribution in [0.2, 0.25) is 0 Å². The topological polar surface area (TPSA) is 98.3 Å². The number of nitrogens with one attached hydrogen (secondary N) is 3. The summed E-state index contributed by atoms with van der Waals surface area (Å²) in [6.07, 6.45) is 1.72. The molecule has 3 aromatic rings. The number of pyridine rings is 1. The van der Waals surface area contributed by atoms with Crippen molar-refractivity contribution in [1.29, 1.82) is 0 Å². The van der Waals surface area contributed by atoms with Gasteiger partial charge in [0.05, 0.1) is 5.69 Å². The fourth-order valence-electron chi connectivity index (χ4n) is 3.23. The molecule has 3 N–H and O–H groups in total. The Labute approximate surface area is 179 Å². The third-order valence-electron chi connectivity index (χ3n) is 4.61. The molecule has 1 aromatic carbocycles. The number of halogens is 1. The maximum absolute atomic E-state index is 11.8. The molecule has 1 unspecified atom stereocenters. The van der Waals surface area contributed by atoms with Gasteiger partial charge in [0.25, 0.3) is 0 Å². The number of aromatic nitrogens is 3. The van der Waals surface area contributed by atoms with Crippen LogP contribution in [-0.2, 0) is 0 Å². The molecule has 2 amide bonds. The lowest BCUT2D eigenvalue weighted by atomic mass is 10.3. The minimum atomic E-state index is -0.310. The van der Waals surface area contributed by atoms with Gasteiger partial charge in [0.15, 0.2) is 5.65 Å². The summed E-state index contributed by atoms with van der Waals surface area (Å²) in [6.45, 7) is 4.54. The van der Waals surface area contributed by atoms with Crippen molar-refractivity contribution in [2.45, 2.75) is 12.4 Å². The van der Waals surface area contributed by atoms with E-state index < -0.39 is 0 Å². The second-order valence-electron chi connectivity index (χ2n) is 6.71. The van der Waals surface area contributed by atoms with Crippen molar-refractivity contribution in [2.24, 2.45) is 0 Å². The molecule has 9 nitrogen and oxygen atoms in total. The number of anilines is 3. The Balaban J connectivity index is 1.72.